The van der Waals surface area contributed by atoms with E-state index in [9.17, 15) is 0 Å². The van der Waals surface area contributed by atoms with Crippen LogP contribution < -0.4 is 15.4 Å². The Bertz CT molecular complexity index is 691. The molecule has 0 bridgehead atoms. The van der Waals surface area contributed by atoms with Crippen molar-refractivity contribution in [2.24, 2.45) is 0 Å². The number of anilines is 1. The quantitative estimate of drug-likeness (QED) is 0.708. The molecular formula is C21H26N2OS. The number of nitrogens with one attached hydrogen (secondary N) is 2. The molecule has 0 spiro atoms. The SMILES string of the molecule is Cc1ccc(C(C)NC(=S)Nc2ccc(OC3CCCC3)cc2)cc1. The Kier molecular flexibility index (Phi) is 5.92. The predicted molar refractivity (Wildman–Crippen MR) is 108 cm³/mol. The lowest BCUT2D eigenvalue weighted by Crippen LogP contribution is -2.30. The molecule has 0 aromatic heterocycles. The molecule has 2 aromatic rings. The van der Waals surface area contributed by atoms with Crippen molar-refractivity contribution in [2.45, 2.75) is 51.7 Å². The fourth-order valence-electron chi connectivity index (χ4n) is 3.12. The van der Waals surface area contributed by atoms with E-state index in [0.29, 0.717) is 11.2 Å². The summed E-state index contributed by atoms with van der Waals surface area (Å²) in [5.41, 5.74) is 3.44. The van der Waals surface area contributed by atoms with Crippen LogP contribution in [0.4, 0.5) is 5.69 Å². The van der Waals surface area contributed by atoms with Crippen LogP contribution in [-0.2, 0) is 0 Å². The van der Waals surface area contributed by atoms with Crippen LogP contribution in [-0.4, -0.2) is 11.2 Å². The lowest BCUT2D eigenvalue weighted by Gasteiger charge is -2.18. The summed E-state index contributed by atoms with van der Waals surface area (Å²) in [6.07, 6.45) is 5.29. The van der Waals surface area contributed by atoms with Crippen LogP contribution in [0.3, 0.4) is 0 Å². The van der Waals surface area contributed by atoms with Gasteiger partial charge in [-0.05, 0) is 81.6 Å². The van der Waals surface area contributed by atoms with Crippen molar-refractivity contribution in [1.82, 2.24) is 5.32 Å². The molecule has 4 heteroatoms. The van der Waals surface area contributed by atoms with Crippen molar-refractivity contribution in [3.05, 3.63) is 59.7 Å². The van der Waals surface area contributed by atoms with Crippen LogP contribution >= 0.6 is 12.2 Å². The molecule has 0 saturated heterocycles. The molecule has 1 unspecified atom stereocenters. The Balaban J connectivity index is 1.50. The minimum atomic E-state index is 0.158. The highest BCUT2D eigenvalue weighted by Gasteiger charge is 2.16. The van der Waals surface area contributed by atoms with E-state index in [1.807, 2.05) is 24.3 Å². The third-order valence-electron chi connectivity index (χ3n) is 4.64. The van der Waals surface area contributed by atoms with Gasteiger partial charge in [0.15, 0.2) is 5.11 Å². The third kappa shape index (κ3) is 5.20. The summed E-state index contributed by atoms with van der Waals surface area (Å²) in [5.74, 6) is 0.935. The second-order valence-corrected chi connectivity index (χ2v) is 7.19. The Morgan fingerprint density at radius 1 is 1.04 bits per heavy atom. The van der Waals surface area contributed by atoms with Gasteiger partial charge in [-0.25, -0.2) is 0 Å². The summed E-state index contributed by atoms with van der Waals surface area (Å²) in [7, 11) is 0. The van der Waals surface area contributed by atoms with Gasteiger partial charge in [0.25, 0.3) is 0 Å². The van der Waals surface area contributed by atoms with E-state index in [1.165, 1.54) is 36.8 Å². The largest absolute Gasteiger partial charge is 0.490 e. The highest BCUT2D eigenvalue weighted by molar-refractivity contribution is 7.80. The summed E-state index contributed by atoms with van der Waals surface area (Å²) in [5, 5.41) is 7.19. The van der Waals surface area contributed by atoms with Gasteiger partial charge in [0, 0.05) is 5.69 Å². The molecule has 3 rings (SSSR count). The summed E-state index contributed by atoms with van der Waals surface area (Å²) >= 11 is 5.43. The average molecular weight is 355 g/mol. The third-order valence-corrected chi connectivity index (χ3v) is 4.86. The van der Waals surface area contributed by atoms with Crippen LogP contribution in [0.25, 0.3) is 0 Å². The number of aryl methyl sites for hydroxylation is 1. The van der Waals surface area contributed by atoms with Gasteiger partial charge in [0.1, 0.15) is 5.75 Å². The van der Waals surface area contributed by atoms with Crippen LogP contribution in [0, 0.1) is 6.92 Å². The van der Waals surface area contributed by atoms with Crippen LogP contribution in [0.2, 0.25) is 0 Å². The summed E-state index contributed by atoms with van der Waals surface area (Å²) in [6, 6.07) is 16.7. The highest BCUT2D eigenvalue weighted by atomic mass is 32.1. The first-order valence-corrected chi connectivity index (χ1v) is 9.42. The molecule has 1 aliphatic carbocycles. The van der Waals surface area contributed by atoms with Crippen LogP contribution in [0.5, 0.6) is 5.75 Å². The second kappa shape index (κ2) is 8.34. The summed E-state index contributed by atoms with van der Waals surface area (Å²) in [6.45, 7) is 4.20. The van der Waals surface area contributed by atoms with Crippen molar-refractivity contribution >= 4 is 23.0 Å². The summed E-state index contributed by atoms with van der Waals surface area (Å²) < 4.78 is 5.99. The lowest BCUT2D eigenvalue weighted by molar-refractivity contribution is 0.210. The number of ether oxygens (including phenoxy) is 1. The van der Waals surface area contributed by atoms with E-state index in [4.69, 9.17) is 17.0 Å². The maximum atomic E-state index is 5.99. The first-order chi connectivity index (χ1) is 12.1. The molecule has 1 aliphatic rings. The highest BCUT2D eigenvalue weighted by Crippen LogP contribution is 2.25. The van der Waals surface area contributed by atoms with Crippen LogP contribution in [0.1, 0.15) is 49.8 Å². The first kappa shape index (κ1) is 17.7. The topological polar surface area (TPSA) is 33.3 Å². The molecular weight excluding hydrogens is 328 g/mol. The molecule has 2 aromatic carbocycles. The van der Waals surface area contributed by atoms with Crippen molar-refractivity contribution in [3.63, 3.8) is 0 Å². The molecule has 1 atom stereocenters. The zero-order valence-electron chi connectivity index (χ0n) is 14.9. The number of hydrogen-bond donors (Lipinski definition) is 2. The minimum Gasteiger partial charge on any atom is -0.490 e. The molecule has 0 heterocycles. The van der Waals surface area contributed by atoms with Crippen molar-refractivity contribution in [3.8, 4) is 5.75 Å². The number of rotatable bonds is 5. The minimum absolute atomic E-state index is 0.158. The maximum absolute atomic E-state index is 5.99. The smallest absolute Gasteiger partial charge is 0.171 e. The Labute approximate surface area is 155 Å². The van der Waals surface area contributed by atoms with Gasteiger partial charge in [-0.2, -0.15) is 0 Å². The molecule has 0 radical (unpaired) electrons. The molecule has 3 nitrogen and oxygen atoms in total. The van der Waals surface area contributed by atoms with Gasteiger partial charge in [0.05, 0.1) is 12.1 Å². The van der Waals surface area contributed by atoms with Gasteiger partial charge in [0.2, 0.25) is 0 Å². The van der Waals surface area contributed by atoms with Crippen molar-refractivity contribution in [2.75, 3.05) is 5.32 Å². The molecule has 1 saturated carbocycles. The number of thiocarbonyl (C=S) groups is 1. The normalized spacial score (nSPS) is 15.6. The number of hydrogen-bond acceptors (Lipinski definition) is 2. The molecule has 0 amide bonds. The van der Waals surface area contributed by atoms with Crippen molar-refractivity contribution in [1.29, 1.82) is 0 Å². The Hall–Kier alpha value is -2.07. The zero-order valence-corrected chi connectivity index (χ0v) is 15.7. The average Bonchev–Trinajstić information content (AvgIpc) is 3.10. The van der Waals surface area contributed by atoms with E-state index in [-0.39, 0.29) is 6.04 Å². The Morgan fingerprint density at radius 2 is 1.68 bits per heavy atom. The standard InChI is InChI=1S/C21H26N2OS/c1-15-7-9-17(10-8-15)16(2)22-21(25)23-18-11-13-20(14-12-18)24-19-5-3-4-6-19/h7-14,16,19H,3-6H2,1-2H3,(H2,22,23,25). The zero-order chi connectivity index (χ0) is 17.6. The molecule has 0 aliphatic heterocycles. The second-order valence-electron chi connectivity index (χ2n) is 6.78. The van der Waals surface area contributed by atoms with Crippen LogP contribution in [0.15, 0.2) is 48.5 Å². The van der Waals surface area contributed by atoms with E-state index in [2.05, 4.69) is 48.7 Å². The molecule has 25 heavy (non-hydrogen) atoms. The molecule has 2 N–H and O–H groups in total. The summed E-state index contributed by atoms with van der Waals surface area (Å²) in [4.78, 5) is 0. The fourth-order valence-corrected chi connectivity index (χ4v) is 3.41. The molecule has 132 valence electrons. The fraction of sp³-hybridized carbons (Fsp3) is 0.381. The van der Waals surface area contributed by atoms with Gasteiger partial charge in [-0.3, -0.25) is 0 Å². The molecule has 1 fully saturated rings. The van der Waals surface area contributed by atoms with Gasteiger partial charge in [-0.1, -0.05) is 29.8 Å². The number of benzene rings is 2. The van der Waals surface area contributed by atoms with E-state index >= 15 is 0 Å². The van der Waals surface area contributed by atoms with Gasteiger partial charge in [-0.15, -0.1) is 0 Å². The monoisotopic (exact) mass is 354 g/mol. The van der Waals surface area contributed by atoms with E-state index in [1.54, 1.807) is 0 Å². The van der Waals surface area contributed by atoms with Gasteiger partial charge < -0.3 is 15.4 Å². The first-order valence-electron chi connectivity index (χ1n) is 9.01. The van der Waals surface area contributed by atoms with E-state index < -0.39 is 0 Å². The van der Waals surface area contributed by atoms with Gasteiger partial charge >= 0.3 is 0 Å². The maximum Gasteiger partial charge on any atom is 0.171 e. The lowest BCUT2D eigenvalue weighted by atomic mass is 10.1. The Morgan fingerprint density at radius 3 is 2.32 bits per heavy atom. The van der Waals surface area contributed by atoms with E-state index in [0.717, 1.165) is 11.4 Å². The predicted octanol–water partition coefficient (Wildman–Crippen LogP) is 5.36. The van der Waals surface area contributed by atoms with Crippen molar-refractivity contribution < 1.29 is 4.74 Å².